The molecule has 1 aliphatic rings. The quantitative estimate of drug-likeness (QED) is 0.646. The molecule has 0 radical (unpaired) electrons. The summed E-state index contributed by atoms with van der Waals surface area (Å²) in [5.41, 5.74) is 2.38. The molecular weight excluding hydrogens is 282 g/mol. The first kappa shape index (κ1) is 16.3. The Bertz CT molecular complexity index is 525. The van der Waals surface area contributed by atoms with Crippen molar-refractivity contribution in [2.24, 2.45) is 0 Å². The summed E-state index contributed by atoms with van der Waals surface area (Å²) in [5, 5.41) is 2.56. The Morgan fingerprint density at radius 3 is 2.59 bits per heavy atom. The fourth-order valence-electron chi connectivity index (χ4n) is 2.48. The van der Waals surface area contributed by atoms with Gasteiger partial charge in [0.25, 0.3) is 0 Å². The minimum absolute atomic E-state index is 0.352. The van der Waals surface area contributed by atoms with E-state index in [9.17, 15) is 9.59 Å². The van der Waals surface area contributed by atoms with Crippen LogP contribution in [0.2, 0.25) is 0 Å². The van der Waals surface area contributed by atoms with Crippen molar-refractivity contribution in [3.8, 4) is 0 Å². The van der Waals surface area contributed by atoms with Crippen LogP contribution in [0.5, 0.6) is 0 Å². The number of ether oxygens (including phenoxy) is 1. The summed E-state index contributed by atoms with van der Waals surface area (Å²) in [6.45, 7) is 5.41. The molecule has 0 spiro atoms. The zero-order valence-electron chi connectivity index (χ0n) is 13.2. The standard InChI is InChI=1S/C16H23N3O3/c1-13-4-3-5-14(12-13)18-7-9-19(10-8-18)16(21)15(20)17-6-11-22-2/h3-5,12H,6-11H2,1-2H3,(H,17,20). The van der Waals surface area contributed by atoms with Crippen LogP contribution in [-0.4, -0.2) is 63.2 Å². The molecule has 1 heterocycles. The lowest BCUT2D eigenvalue weighted by Gasteiger charge is -2.35. The van der Waals surface area contributed by atoms with Crippen molar-refractivity contribution in [2.45, 2.75) is 6.92 Å². The molecule has 0 aliphatic carbocycles. The molecule has 120 valence electrons. The first-order chi connectivity index (χ1) is 10.6. The van der Waals surface area contributed by atoms with Crippen LogP contribution in [0.15, 0.2) is 24.3 Å². The SMILES string of the molecule is COCCNC(=O)C(=O)N1CCN(c2cccc(C)c2)CC1. The van der Waals surface area contributed by atoms with Crippen molar-refractivity contribution in [2.75, 3.05) is 51.3 Å². The molecule has 0 aromatic heterocycles. The summed E-state index contributed by atoms with van der Waals surface area (Å²) >= 11 is 0. The first-order valence-electron chi connectivity index (χ1n) is 7.49. The van der Waals surface area contributed by atoms with Crippen molar-refractivity contribution in [3.05, 3.63) is 29.8 Å². The molecule has 1 fully saturated rings. The number of carbonyl (C=O) groups is 2. The number of aryl methyl sites for hydroxylation is 1. The highest BCUT2D eigenvalue weighted by Gasteiger charge is 2.25. The molecular formula is C16H23N3O3. The summed E-state index contributed by atoms with van der Waals surface area (Å²) in [6.07, 6.45) is 0. The van der Waals surface area contributed by atoms with Crippen LogP contribution < -0.4 is 10.2 Å². The average molecular weight is 305 g/mol. The van der Waals surface area contributed by atoms with Crippen LogP contribution >= 0.6 is 0 Å². The van der Waals surface area contributed by atoms with E-state index in [1.54, 1.807) is 12.0 Å². The molecule has 0 saturated carbocycles. The summed E-state index contributed by atoms with van der Waals surface area (Å²) < 4.78 is 4.84. The minimum atomic E-state index is -0.555. The third-order valence-electron chi connectivity index (χ3n) is 3.72. The zero-order chi connectivity index (χ0) is 15.9. The summed E-state index contributed by atoms with van der Waals surface area (Å²) in [7, 11) is 1.55. The molecule has 1 aromatic rings. The number of nitrogens with one attached hydrogen (secondary N) is 1. The molecule has 0 unspecified atom stereocenters. The van der Waals surface area contributed by atoms with Crippen LogP contribution in [0, 0.1) is 6.92 Å². The van der Waals surface area contributed by atoms with E-state index in [1.165, 1.54) is 5.56 Å². The summed E-state index contributed by atoms with van der Waals surface area (Å²) in [6, 6.07) is 8.30. The average Bonchev–Trinajstić information content (AvgIpc) is 2.54. The van der Waals surface area contributed by atoms with Crippen LogP contribution in [0.1, 0.15) is 5.56 Å². The Kier molecular flexibility index (Phi) is 5.77. The Morgan fingerprint density at radius 1 is 1.23 bits per heavy atom. The molecule has 2 rings (SSSR count). The lowest BCUT2D eigenvalue weighted by Crippen LogP contribution is -2.53. The van der Waals surface area contributed by atoms with E-state index in [1.807, 2.05) is 6.07 Å². The zero-order valence-corrected chi connectivity index (χ0v) is 13.2. The van der Waals surface area contributed by atoms with Gasteiger partial charge in [-0.1, -0.05) is 12.1 Å². The first-order valence-corrected chi connectivity index (χ1v) is 7.49. The molecule has 2 amide bonds. The van der Waals surface area contributed by atoms with E-state index in [4.69, 9.17) is 4.74 Å². The van der Waals surface area contributed by atoms with Crippen LogP contribution in [0.3, 0.4) is 0 Å². The molecule has 22 heavy (non-hydrogen) atoms. The van der Waals surface area contributed by atoms with Gasteiger partial charge >= 0.3 is 11.8 Å². The van der Waals surface area contributed by atoms with Crippen molar-refractivity contribution in [3.63, 3.8) is 0 Å². The number of nitrogens with zero attached hydrogens (tertiary/aromatic N) is 2. The van der Waals surface area contributed by atoms with Gasteiger partial charge in [-0.05, 0) is 24.6 Å². The highest BCUT2D eigenvalue weighted by atomic mass is 16.5. The van der Waals surface area contributed by atoms with Gasteiger partial charge in [0.1, 0.15) is 0 Å². The summed E-state index contributed by atoms with van der Waals surface area (Å²) in [4.78, 5) is 27.6. The van der Waals surface area contributed by atoms with Gasteiger partial charge in [0.05, 0.1) is 6.61 Å². The Labute approximate surface area is 131 Å². The van der Waals surface area contributed by atoms with Crippen molar-refractivity contribution in [1.82, 2.24) is 10.2 Å². The van der Waals surface area contributed by atoms with Gasteiger partial charge < -0.3 is 19.9 Å². The van der Waals surface area contributed by atoms with Crippen LogP contribution in [0.4, 0.5) is 5.69 Å². The molecule has 1 aromatic carbocycles. The van der Waals surface area contributed by atoms with Crippen molar-refractivity contribution >= 4 is 17.5 Å². The second-order valence-electron chi connectivity index (χ2n) is 5.37. The fourth-order valence-corrected chi connectivity index (χ4v) is 2.48. The number of carbonyl (C=O) groups excluding carboxylic acids is 2. The molecule has 0 atom stereocenters. The third-order valence-corrected chi connectivity index (χ3v) is 3.72. The van der Waals surface area contributed by atoms with Gasteiger partial charge in [-0.3, -0.25) is 9.59 Å². The maximum atomic E-state index is 12.0. The number of hydrogen-bond donors (Lipinski definition) is 1. The predicted octanol–water partition coefficient (Wildman–Crippen LogP) is 0.406. The molecule has 6 nitrogen and oxygen atoms in total. The highest BCUT2D eigenvalue weighted by molar-refractivity contribution is 6.35. The van der Waals surface area contributed by atoms with Crippen molar-refractivity contribution in [1.29, 1.82) is 0 Å². The summed E-state index contributed by atoms with van der Waals surface area (Å²) in [5.74, 6) is -1.01. The van der Waals surface area contributed by atoms with Crippen LogP contribution in [0.25, 0.3) is 0 Å². The molecule has 1 N–H and O–H groups in total. The fraction of sp³-hybridized carbons (Fsp3) is 0.500. The van der Waals surface area contributed by atoms with E-state index in [-0.39, 0.29) is 0 Å². The van der Waals surface area contributed by atoms with Crippen molar-refractivity contribution < 1.29 is 14.3 Å². The Morgan fingerprint density at radius 2 is 1.95 bits per heavy atom. The lowest BCUT2D eigenvalue weighted by molar-refractivity contribution is -0.146. The topological polar surface area (TPSA) is 61.9 Å². The van der Waals surface area contributed by atoms with E-state index in [0.29, 0.717) is 26.2 Å². The molecule has 6 heteroatoms. The van der Waals surface area contributed by atoms with Crippen LogP contribution in [-0.2, 0) is 14.3 Å². The van der Waals surface area contributed by atoms with E-state index < -0.39 is 11.8 Å². The Hall–Kier alpha value is -2.08. The molecule has 1 saturated heterocycles. The normalized spacial score (nSPS) is 14.8. The molecule has 1 aliphatic heterocycles. The second kappa shape index (κ2) is 7.79. The number of amides is 2. The Balaban J connectivity index is 1.84. The number of anilines is 1. The van der Waals surface area contributed by atoms with E-state index in [2.05, 4.69) is 35.3 Å². The largest absolute Gasteiger partial charge is 0.383 e. The molecule has 0 bridgehead atoms. The number of benzene rings is 1. The third kappa shape index (κ3) is 4.21. The maximum absolute atomic E-state index is 12.0. The predicted molar refractivity (Wildman–Crippen MR) is 84.9 cm³/mol. The van der Waals surface area contributed by atoms with E-state index >= 15 is 0 Å². The second-order valence-corrected chi connectivity index (χ2v) is 5.37. The highest BCUT2D eigenvalue weighted by Crippen LogP contribution is 2.17. The van der Waals surface area contributed by atoms with Gasteiger partial charge in [-0.25, -0.2) is 0 Å². The minimum Gasteiger partial charge on any atom is -0.383 e. The number of methoxy groups -OCH3 is 1. The maximum Gasteiger partial charge on any atom is 0.312 e. The lowest BCUT2D eigenvalue weighted by atomic mass is 10.2. The van der Waals surface area contributed by atoms with Gasteiger partial charge in [0.15, 0.2) is 0 Å². The monoisotopic (exact) mass is 305 g/mol. The van der Waals surface area contributed by atoms with Gasteiger partial charge in [0, 0.05) is 45.5 Å². The smallest absolute Gasteiger partial charge is 0.312 e. The van der Waals surface area contributed by atoms with Gasteiger partial charge in [-0.15, -0.1) is 0 Å². The van der Waals surface area contributed by atoms with E-state index in [0.717, 1.165) is 18.8 Å². The van der Waals surface area contributed by atoms with Gasteiger partial charge in [0.2, 0.25) is 0 Å². The number of piperazine rings is 1. The number of hydrogen-bond acceptors (Lipinski definition) is 4. The number of rotatable bonds is 4. The van der Waals surface area contributed by atoms with Gasteiger partial charge in [-0.2, -0.15) is 0 Å².